The highest BCUT2D eigenvalue weighted by Crippen LogP contribution is 2.28. The molecule has 0 radical (unpaired) electrons. The summed E-state index contributed by atoms with van der Waals surface area (Å²) in [6, 6.07) is 15.6. The molecular formula is C18H20ClN3O. The van der Waals surface area contributed by atoms with Crippen LogP contribution >= 0.6 is 11.6 Å². The third-order valence-corrected chi connectivity index (χ3v) is 4.39. The molecule has 0 aliphatic carbocycles. The van der Waals surface area contributed by atoms with Crippen LogP contribution in [0.25, 0.3) is 0 Å². The Morgan fingerprint density at radius 1 is 1.22 bits per heavy atom. The molecule has 2 aromatic rings. The number of nitrogens with one attached hydrogen (secondary N) is 3. The number of benzene rings is 2. The molecule has 0 bridgehead atoms. The highest BCUT2D eigenvalue weighted by molar-refractivity contribution is 6.31. The minimum Gasteiger partial charge on any atom is -0.351 e. The molecule has 2 unspecified atom stereocenters. The van der Waals surface area contributed by atoms with Crippen LogP contribution in [-0.2, 0) is 11.3 Å². The Morgan fingerprint density at radius 3 is 2.83 bits per heavy atom. The van der Waals surface area contributed by atoms with Gasteiger partial charge in [0.25, 0.3) is 0 Å². The van der Waals surface area contributed by atoms with Crippen LogP contribution in [0, 0.1) is 6.92 Å². The van der Waals surface area contributed by atoms with Gasteiger partial charge in [-0.15, -0.1) is 0 Å². The molecule has 3 N–H and O–H groups in total. The normalized spacial score (nSPS) is 20.4. The average Bonchev–Trinajstić information content (AvgIpc) is 3.03. The van der Waals surface area contributed by atoms with Crippen molar-refractivity contribution in [1.82, 2.24) is 16.2 Å². The Balaban J connectivity index is 1.56. The maximum Gasteiger partial charge on any atom is 0.238 e. The number of rotatable bonds is 4. The van der Waals surface area contributed by atoms with E-state index in [1.54, 1.807) is 0 Å². The largest absolute Gasteiger partial charge is 0.351 e. The number of aryl methyl sites for hydroxylation is 1. The zero-order valence-corrected chi connectivity index (χ0v) is 13.7. The van der Waals surface area contributed by atoms with Gasteiger partial charge in [-0.05, 0) is 30.5 Å². The van der Waals surface area contributed by atoms with E-state index < -0.39 is 0 Å². The molecule has 1 aliphatic heterocycles. The zero-order chi connectivity index (χ0) is 16.2. The van der Waals surface area contributed by atoms with Crippen LogP contribution in [0.4, 0.5) is 0 Å². The van der Waals surface area contributed by atoms with Crippen LogP contribution in [0.15, 0.2) is 48.5 Å². The van der Waals surface area contributed by atoms with Gasteiger partial charge in [-0.2, -0.15) is 0 Å². The highest BCUT2D eigenvalue weighted by atomic mass is 35.5. The fourth-order valence-corrected chi connectivity index (χ4v) is 3.09. The molecule has 120 valence electrons. The van der Waals surface area contributed by atoms with E-state index >= 15 is 0 Å². The van der Waals surface area contributed by atoms with Gasteiger partial charge < -0.3 is 5.32 Å². The summed E-state index contributed by atoms with van der Waals surface area (Å²) in [5.41, 5.74) is 9.52. The van der Waals surface area contributed by atoms with Crippen molar-refractivity contribution < 1.29 is 4.79 Å². The van der Waals surface area contributed by atoms with Crippen LogP contribution < -0.4 is 16.2 Å². The highest BCUT2D eigenvalue weighted by Gasteiger charge is 2.30. The molecule has 1 heterocycles. The first-order valence-electron chi connectivity index (χ1n) is 7.72. The first-order valence-corrected chi connectivity index (χ1v) is 8.10. The second-order valence-corrected chi connectivity index (χ2v) is 6.27. The van der Waals surface area contributed by atoms with Crippen LogP contribution in [0.1, 0.15) is 29.2 Å². The average molecular weight is 330 g/mol. The Labute approximate surface area is 141 Å². The summed E-state index contributed by atoms with van der Waals surface area (Å²) in [4.78, 5) is 12.3. The van der Waals surface area contributed by atoms with Crippen molar-refractivity contribution in [2.45, 2.75) is 32.0 Å². The van der Waals surface area contributed by atoms with Crippen molar-refractivity contribution in [2.75, 3.05) is 0 Å². The van der Waals surface area contributed by atoms with E-state index in [0.29, 0.717) is 18.0 Å². The molecule has 1 saturated heterocycles. The number of carbonyl (C=O) groups excluding carboxylic acids is 1. The molecule has 0 aromatic heterocycles. The van der Waals surface area contributed by atoms with Gasteiger partial charge in [0.1, 0.15) is 6.04 Å². The molecule has 1 amide bonds. The standard InChI is InChI=1S/C18H20ClN3O/c1-12-5-4-6-13(9-12)11-20-18(23)17-10-16(21-22-17)14-7-2-3-8-15(14)19/h2-9,16-17,21-22H,10-11H2,1H3,(H,20,23). The van der Waals surface area contributed by atoms with Gasteiger partial charge in [-0.1, -0.05) is 59.6 Å². The van der Waals surface area contributed by atoms with Crippen LogP contribution in [0.3, 0.4) is 0 Å². The second-order valence-electron chi connectivity index (χ2n) is 5.86. The van der Waals surface area contributed by atoms with Crippen molar-refractivity contribution in [3.05, 3.63) is 70.2 Å². The van der Waals surface area contributed by atoms with Gasteiger partial charge >= 0.3 is 0 Å². The second kappa shape index (κ2) is 7.13. The van der Waals surface area contributed by atoms with E-state index in [-0.39, 0.29) is 18.0 Å². The lowest BCUT2D eigenvalue weighted by Gasteiger charge is -2.12. The molecule has 23 heavy (non-hydrogen) atoms. The van der Waals surface area contributed by atoms with E-state index in [0.717, 1.165) is 11.1 Å². The van der Waals surface area contributed by atoms with Gasteiger partial charge in [0.15, 0.2) is 0 Å². The molecule has 1 aliphatic rings. The molecule has 2 atom stereocenters. The minimum absolute atomic E-state index is 0.00596. The van der Waals surface area contributed by atoms with Gasteiger partial charge in [-0.25, -0.2) is 10.9 Å². The van der Waals surface area contributed by atoms with Crippen LogP contribution in [-0.4, -0.2) is 11.9 Å². The molecule has 2 aromatic carbocycles. The topological polar surface area (TPSA) is 53.2 Å². The van der Waals surface area contributed by atoms with Crippen molar-refractivity contribution >= 4 is 17.5 Å². The monoisotopic (exact) mass is 329 g/mol. The molecule has 0 spiro atoms. The maximum atomic E-state index is 12.3. The third-order valence-electron chi connectivity index (χ3n) is 4.05. The van der Waals surface area contributed by atoms with E-state index in [4.69, 9.17) is 11.6 Å². The number of hydrogen-bond acceptors (Lipinski definition) is 3. The van der Waals surface area contributed by atoms with Gasteiger partial charge in [0.05, 0.1) is 0 Å². The SMILES string of the molecule is Cc1cccc(CNC(=O)C2CC(c3ccccc3Cl)NN2)c1. The summed E-state index contributed by atoms with van der Waals surface area (Å²) in [6.07, 6.45) is 0.670. The summed E-state index contributed by atoms with van der Waals surface area (Å²) < 4.78 is 0. The number of carbonyl (C=O) groups is 1. The third kappa shape index (κ3) is 3.91. The summed E-state index contributed by atoms with van der Waals surface area (Å²) in [5.74, 6) is -0.00596. The molecular weight excluding hydrogens is 310 g/mol. The molecule has 5 heteroatoms. The lowest BCUT2D eigenvalue weighted by molar-refractivity contribution is -0.123. The zero-order valence-electron chi connectivity index (χ0n) is 13.0. The summed E-state index contributed by atoms with van der Waals surface area (Å²) in [7, 11) is 0. The Hall–Kier alpha value is -1.88. The number of amides is 1. The number of hydrazine groups is 1. The predicted octanol–water partition coefficient (Wildman–Crippen LogP) is 2.87. The van der Waals surface area contributed by atoms with E-state index in [1.807, 2.05) is 49.4 Å². The first kappa shape index (κ1) is 16.0. The summed E-state index contributed by atoms with van der Waals surface area (Å²) in [6.45, 7) is 2.58. The van der Waals surface area contributed by atoms with Gasteiger partial charge in [0, 0.05) is 17.6 Å². The predicted molar refractivity (Wildman–Crippen MR) is 91.9 cm³/mol. The summed E-state index contributed by atoms with van der Waals surface area (Å²) in [5, 5.41) is 3.70. The minimum atomic E-state index is -0.263. The van der Waals surface area contributed by atoms with Crippen molar-refractivity contribution in [3.63, 3.8) is 0 Å². The molecule has 3 rings (SSSR count). The Bertz CT molecular complexity index is 704. The van der Waals surface area contributed by atoms with Crippen LogP contribution in [0.5, 0.6) is 0 Å². The van der Waals surface area contributed by atoms with E-state index in [9.17, 15) is 4.79 Å². The fourth-order valence-electron chi connectivity index (χ4n) is 2.82. The van der Waals surface area contributed by atoms with Crippen molar-refractivity contribution in [2.24, 2.45) is 0 Å². The van der Waals surface area contributed by atoms with Crippen molar-refractivity contribution in [1.29, 1.82) is 0 Å². The number of halogens is 1. The Kier molecular flexibility index (Phi) is 4.96. The molecule has 0 saturated carbocycles. The lowest BCUT2D eigenvalue weighted by atomic mass is 10.0. The quantitative estimate of drug-likeness (QED) is 0.808. The smallest absolute Gasteiger partial charge is 0.238 e. The molecule has 1 fully saturated rings. The Morgan fingerprint density at radius 2 is 2.04 bits per heavy atom. The first-order chi connectivity index (χ1) is 11.1. The van der Waals surface area contributed by atoms with Gasteiger partial charge in [-0.3, -0.25) is 4.79 Å². The van der Waals surface area contributed by atoms with Crippen LogP contribution in [0.2, 0.25) is 5.02 Å². The van der Waals surface area contributed by atoms with E-state index in [1.165, 1.54) is 5.56 Å². The van der Waals surface area contributed by atoms with Crippen molar-refractivity contribution in [3.8, 4) is 0 Å². The summed E-state index contributed by atoms with van der Waals surface area (Å²) >= 11 is 6.22. The number of hydrogen-bond donors (Lipinski definition) is 3. The molecule has 4 nitrogen and oxygen atoms in total. The van der Waals surface area contributed by atoms with E-state index in [2.05, 4.69) is 22.2 Å². The lowest BCUT2D eigenvalue weighted by Crippen LogP contribution is -2.42. The maximum absolute atomic E-state index is 12.3. The van der Waals surface area contributed by atoms with Gasteiger partial charge in [0.2, 0.25) is 5.91 Å². The fraction of sp³-hybridized carbons (Fsp3) is 0.278.